The van der Waals surface area contributed by atoms with Crippen LogP contribution in [0, 0.1) is 0 Å². The molecule has 111 valence electrons. The summed E-state index contributed by atoms with van der Waals surface area (Å²) in [6.45, 7) is -1.11. The minimum absolute atomic E-state index is 0. The van der Waals surface area contributed by atoms with Crippen LogP contribution in [0.15, 0.2) is 0 Å². The van der Waals surface area contributed by atoms with Gasteiger partial charge in [0.2, 0.25) is 17.7 Å². The summed E-state index contributed by atoms with van der Waals surface area (Å²) < 4.78 is 0. The van der Waals surface area contributed by atoms with Crippen molar-refractivity contribution in [1.29, 1.82) is 0 Å². The average molecular weight is 379 g/mol. The van der Waals surface area contributed by atoms with Gasteiger partial charge in [-0.1, -0.05) is 0 Å². The van der Waals surface area contributed by atoms with E-state index in [1.165, 1.54) is 0 Å². The van der Waals surface area contributed by atoms with Gasteiger partial charge in [-0.05, 0) is 0 Å². The van der Waals surface area contributed by atoms with Crippen molar-refractivity contribution in [3.8, 4) is 0 Å². The summed E-state index contributed by atoms with van der Waals surface area (Å²) >= 11 is 3.69. The Hall–Kier alpha value is -1.16. The van der Waals surface area contributed by atoms with Crippen LogP contribution < -0.4 is 16.0 Å². The Kier molecular flexibility index (Phi) is 16.1. The number of hydrogen-bond acceptors (Lipinski definition) is 5. The normalized spacial score (nSPS) is 8.26. The number of thiol groups is 1. The maximum absolute atomic E-state index is 11.1. The van der Waals surface area contributed by atoms with Crippen LogP contribution in [0.3, 0.4) is 0 Å². The number of amides is 3. The quantitative estimate of drug-likeness (QED) is 0.291. The smallest absolute Gasteiger partial charge is 0.322 e. The van der Waals surface area contributed by atoms with E-state index in [0.717, 1.165) is 0 Å². The number of rotatable bonds is 7. The molecule has 9 nitrogen and oxygen atoms in total. The van der Waals surface area contributed by atoms with E-state index in [1.807, 2.05) is 0 Å². The van der Waals surface area contributed by atoms with E-state index in [2.05, 4.69) is 28.6 Å². The van der Waals surface area contributed by atoms with Crippen LogP contribution in [-0.2, 0) is 39.3 Å². The fraction of sp³-hybridized carbons (Fsp3) is 0.500. The van der Waals surface area contributed by atoms with Crippen molar-refractivity contribution in [2.24, 2.45) is 0 Å². The zero-order chi connectivity index (χ0) is 13.3. The largest absolute Gasteiger partial charge is 0.480 e. The third kappa shape index (κ3) is 14.8. The molecule has 19 heavy (non-hydrogen) atoms. The molecule has 1 radical (unpaired) electrons. The van der Waals surface area contributed by atoms with Gasteiger partial charge in [0.05, 0.1) is 18.8 Å². The molecular weight excluding hydrogens is 364 g/mol. The maximum Gasteiger partial charge on any atom is 0.322 e. The monoisotopic (exact) mass is 378 g/mol. The van der Waals surface area contributed by atoms with Crippen LogP contribution in [0.1, 0.15) is 0 Å². The van der Waals surface area contributed by atoms with Gasteiger partial charge in [-0.15, -0.1) is 0 Å². The molecule has 0 heterocycles. The standard InChI is InChI=1S/C8H13N3O5S.H2O.Tc/c12-5(2-10-7(14)4-17)9-1-6(13)11-3-8(15)16;;/h17H,1-4H2,(H,9,12)(H,10,14)(H,11,13)(H,15,16);1H2;. The second kappa shape index (κ2) is 13.3. The van der Waals surface area contributed by atoms with Gasteiger partial charge in [0.25, 0.3) is 0 Å². The fourth-order valence-electron chi connectivity index (χ4n) is 0.713. The first-order valence-corrected chi connectivity index (χ1v) is 5.21. The van der Waals surface area contributed by atoms with Gasteiger partial charge in [0, 0.05) is 20.1 Å². The van der Waals surface area contributed by atoms with E-state index < -0.39 is 30.2 Å². The Labute approximate surface area is 127 Å². The van der Waals surface area contributed by atoms with Gasteiger partial charge in [-0.25, -0.2) is 0 Å². The van der Waals surface area contributed by atoms with E-state index in [1.54, 1.807) is 0 Å². The predicted molar refractivity (Wildman–Crippen MR) is 64.1 cm³/mol. The van der Waals surface area contributed by atoms with Crippen molar-refractivity contribution in [2.75, 3.05) is 25.4 Å². The zero-order valence-electron chi connectivity index (χ0n) is 9.73. The van der Waals surface area contributed by atoms with Crippen molar-refractivity contribution < 1.29 is 49.9 Å². The van der Waals surface area contributed by atoms with Crippen LogP contribution in [0.5, 0.6) is 0 Å². The summed E-state index contributed by atoms with van der Waals surface area (Å²) in [6, 6.07) is 0. The molecule has 0 aliphatic carbocycles. The van der Waals surface area contributed by atoms with Crippen molar-refractivity contribution in [3.63, 3.8) is 0 Å². The van der Waals surface area contributed by atoms with E-state index >= 15 is 0 Å². The predicted octanol–water partition coefficient (Wildman–Crippen LogP) is -3.48. The van der Waals surface area contributed by atoms with Gasteiger partial charge in [-0.3, -0.25) is 19.2 Å². The molecule has 0 aromatic heterocycles. The van der Waals surface area contributed by atoms with Gasteiger partial charge >= 0.3 is 5.97 Å². The summed E-state index contributed by atoms with van der Waals surface area (Å²) in [5.74, 6) is -2.79. The molecular formula is C8H15N3O6STc. The Balaban J connectivity index is -0.00000128. The molecule has 0 saturated carbocycles. The number of carbonyl (C=O) groups excluding carboxylic acids is 3. The Morgan fingerprint density at radius 3 is 1.58 bits per heavy atom. The van der Waals surface area contributed by atoms with Crippen molar-refractivity contribution in [3.05, 3.63) is 0 Å². The minimum Gasteiger partial charge on any atom is -0.480 e. The van der Waals surface area contributed by atoms with Crippen LogP contribution in [0.2, 0.25) is 0 Å². The molecule has 6 N–H and O–H groups in total. The summed E-state index contributed by atoms with van der Waals surface area (Å²) in [6.07, 6.45) is 0. The maximum atomic E-state index is 11.1. The average Bonchev–Trinajstić information content (AvgIpc) is 2.30. The molecule has 0 aromatic carbocycles. The van der Waals surface area contributed by atoms with E-state index in [9.17, 15) is 19.2 Å². The first-order chi connectivity index (χ1) is 7.95. The van der Waals surface area contributed by atoms with Gasteiger partial charge in [-0.2, -0.15) is 12.6 Å². The number of aliphatic carboxylic acids is 1. The molecule has 0 saturated heterocycles. The Morgan fingerprint density at radius 1 is 0.842 bits per heavy atom. The van der Waals surface area contributed by atoms with Gasteiger partial charge in [0.1, 0.15) is 6.54 Å². The molecule has 0 bridgehead atoms. The van der Waals surface area contributed by atoms with E-state index in [4.69, 9.17) is 5.11 Å². The number of carboxylic acid groups (broad SMARTS) is 1. The summed E-state index contributed by atoms with van der Waals surface area (Å²) in [5, 5.41) is 14.8. The van der Waals surface area contributed by atoms with Crippen molar-refractivity contribution >= 4 is 36.3 Å². The molecule has 0 rings (SSSR count). The number of hydrogen-bond donors (Lipinski definition) is 5. The SMILES string of the molecule is O.O=C(O)CNC(=O)CNC(=O)CNC(=O)CS.[Tc]. The van der Waals surface area contributed by atoms with E-state index in [-0.39, 0.29) is 44.4 Å². The number of carboxylic acids is 1. The molecule has 11 heteroatoms. The second-order valence-corrected chi connectivity index (χ2v) is 3.20. The van der Waals surface area contributed by atoms with Crippen LogP contribution in [-0.4, -0.2) is 59.7 Å². The molecule has 0 atom stereocenters. The first-order valence-electron chi connectivity index (χ1n) is 4.58. The van der Waals surface area contributed by atoms with Crippen LogP contribution >= 0.6 is 12.6 Å². The van der Waals surface area contributed by atoms with Crippen LogP contribution in [0.4, 0.5) is 0 Å². The summed E-state index contributed by atoms with van der Waals surface area (Å²) in [5.41, 5.74) is 0. The third-order valence-electron chi connectivity index (χ3n) is 1.47. The minimum atomic E-state index is -1.18. The first kappa shape index (κ1) is 23.0. The molecule has 0 aromatic rings. The summed E-state index contributed by atoms with van der Waals surface area (Å²) in [4.78, 5) is 42.8. The van der Waals surface area contributed by atoms with E-state index in [0.29, 0.717) is 0 Å². The number of carbonyl (C=O) groups is 4. The third-order valence-corrected chi connectivity index (χ3v) is 1.76. The molecule has 0 spiro atoms. The number of nitrogens with one attached hydrogen (secondary N) is 3. The summed E-state index contributed by atoms with van der Waals surface area (Å²) in [7, 11) is 0. The Bertz CT molecular complexity index is 328. The zero-order valence-corrected chi connectivity index (χ0v) is 12.5. The molecule has 0 unspecified atom stereocenters. The Morgan fingerprint density at radius 2 is 1.21 bits per heavy atom. The van der Waals surface area contributed by atoms with Gasteiger partial charge in [0.15, 0.2) is 0 Å². The van der Waals surface area contributed by atoms with Crippen molar-refractivity contribution in [2.45, 2.75) is 0 Å². The van der Waals surface area contributed by atoms with Crippen LogP contribution in [0.25, 0.3) is 0 Å². The second-order valence-electron chi connectivity index (χ2n) is 2.88. The van der Waals surface area contributed by atoms with Gasteiger partial charge < -0.3 is 26.5 Å². The molecule has 3 amide bonds. The molecule has 0 aliphatic heterocycles. The molecule has 0 aliphatic rings. The van der Waals surface area contributed by atoms with Crippen molar-refractivity contribution in [1.82, 2.24) is 16.0 Å². The topological polar surface area (TPSA) is 156 Å². The molecule has 0 fully saturated rings. The fourth-order valence-corrected chi connectivity index (χ4v) is 0.825.